The summed E-state index contributed by atoms with van der Waals surface area (Å²) < 4.78 is 0. The van der Waals surface area contributed by atoms with Gasteiger partial charge >= 0.3 is 0 Å². The number of thioether (sulfide) groups is 1. The summed E-state index contributed by atoms with van der Waals surface area (Å²) in [6, 6.07) is 0. The van der Waals surface area contributed by atoms with Gasteiger partial charge in [0.25, 0.3) is 0 Å². The van der Waals surface area contributed by atoms with Gasteiger partial charge in [-0.05, 0) is 0 Å². The van der Waals surface area contributed by atoms with Crippen LogP contribution in [0.4, 0.5) is 0 Å². The molecule has 3 heteroatoms. The predicted octanol–water partition coefficient (Wildman–Crippen LogP) is 1.10. The van der Waals surface area contributed by atoms with Gasteiger partial charge in [-0.1, -0.05) is 11.8 Å². The van der Waals surface area contributed by atoms with Crippen LogP contribution in [-0.2, 0) is 4.79 Å². The molecular weight excluding hydrogens is 115 g/mol. The van der Waals surface area contributed by atoms with E-state index >= 15 is 0 Å². The fourth-order valence-electron chi connectivity index (χ4n) is 0.117. The number of hydrogen-bond donors (Lipinski definition) is 0. The molecule has 0 aromatic carbocycles. The van der Waals surface area contributed by atoms with Gasteiger partial charge in [-0.25, -0.2) is 0 Å². The van der Waals surface area contributed by atoms with E-state index in [2.05, 4.69) is 9.24 Å². The van der Waals surface area contributed by atoms with Gasteiger partial charge in [-0.2, -0.15) is 0 Å². The van der Waals surface area contributed by atoms with E-state index in [0.29, 0.717) is 0 Å². The van der Waals surface area contributed by atoms with Crippen LogP contribution in [0.25, 0.3) is 0 Å². The molecule has 0 bridgehead atoms. The molecule has 0 spiro atoms. The van der Waals surface area contributed by atoms with E-state index in [0.717, 1.165) is 5.49 Å². The third kappa shape index (κ3) is 4.45. The van der Waals surface area contributed by atoms with E-state index < -0.39 is 0 Å². The molecule has 0 aromatic heterocycles. The van der Waals surface area contributed by atoms with Gasteiger partial charge in [0.2, 0.25) is 0 Å². The lowest BCUT2D eigenvalue weighted by molar-refractivity contribution is -0.109. The Morgan fingerprint density at radius 2 is 2.50 bits per heavy atom. The molecule has 0 aliphatic carbocycles. The maximum absolute atomic E-state index is 9.99. The van der Waals surface area contributed by atoms with Crippen LogP contribution in [-0.4, -0.2) is 10.6 Å². The number of carbonyl (C=O) groups is 1. The van der Waals surface area contributed by atoms with Crippen molar-refractivity contribution in [1.29, 1.82) is 0 Å². The standard InChI is InChI=1S/C3H7OPS/c1-3(4)6-2-5/h2,5H2,1H3. The molecule has 0 saturated carbocycles. The molecule has 0 saturated heterocycles. The Hall–Kier alpha value is 0.450. The Labute approximate surface area is 44.1 Å². The maximum Gasteiger partial charge on any atom is 0.186 e. The second kappa shape index (κ2) is 3.63. The summed E-state index contributed by atoms with van der Waals surface area (Å²) in [5, 5.41) is 0.185. The molecule has 0 rings (SSSR count). The van der Waals surface area contributed by atoms with Gasteiger partial charge in [0.05, 0.1) is 0 Å². The molecule has 0 aromatic rings. The molecule has 1 nitrogen and oxygen atoms in total. The van der Waals surface area contributed by atoms with Crippen LogP contribution in [0, 0.1) is 0 Å². The van der Waals surface area contributed by atoms with Gasteiger partial charge in [-0.3, -0.25) is 4.79 Å². The Morgan fingerprint density at radius 1 is 2.00 bits per heavy atom. The van der Waals surface area contributed by atoms with Gasteiger partial charge in [0.1, 0.15) is 0 Å². The molecule has 0 N–H and O–H groups in total. The van der Waals surface area contributed by atoms with Crippen molar-refractivity contribution in [3.63, 3.8) is 0 Å². The monoisotopic (exact) mass is 122 g/mol. The van der Waals surface area contributed by atoms with Crippen molar-refractivity contribution in [3.05, 3.63) is 0 Å². The first-order chi connectivity index (χ1) is 2.77. The zero-order chi connectivity index (χ0) is 4.99. The van der Waals surface area contributed by atoms with Crippen LogP contribution in [0.5, 0.6) is 0 Å². The van der Waals surface area contributed by atoms with Crippen molar-refractivity contribution < 1.29 is 4.79 Å². The van der Waals surface area contributed by atoms with E-state index in [9.17, 15) is 4.79 Å². The Bertz CT molecular complexity index is 54.8. The summed E-state index contributed by atoms with van der Waals surface area (Å²) in [5.41, 5.74) is 0.815. The van der Waals surface area contributed by atoms with Gasteiger partial charge in [0, 0.05) is 12.4 Å². The molecule has 1 unspecified atom stereocenters. The summed E-state index contributed by atoms with van der Waals surface area (Å²) in [6.07, 6.45) is 0. The lowest BCUT2D eigenvalue weighted by atomic mass is 10.9. The van der Waals surface area contributed by atoms with Crippen molar-refractivity contribution >= 4 is 26.1 Å². The van der Waals surface area contributed by atoms with Crippen molar-refractivity contribution in [3.8, 4) is 0 Å². The highest BCUT2D eigenvalue weighted by Crippen LogP contribution is 2.03. The molecule has 0 radical (unpaired) electrons. The summed E-state index contributed by atoms with van der Waals surface area (Å²) >= 11 is 1.31. The minimum atomic E-state index is 0.185. The van der Waals surface area contributed by atoms with Crippen LogP contribution in [0.1, 0.15) is 6.92 Å². The number of carbonyl (C=O) groups excluding carboxylic acids is 1. The van der Waals surface area contributed by atoms with Gasteiger partial charge in [-0.15, -0.1) is 9.24 Å². The minimum Gasteiger partial charge on any atom is -0.288 e. The topological polar surface area (TPSA) is 17.1 Å². The first kappa shape index (κ1) is 6.45. The van der Waals surface area contributed by atoms with Crippen molar-refractivity contribution in [2.75, 3.05) is 5.49 Å². The average Bonchev–Trinajstić information content (AvgIpc) is 1.35. The lowest BCUT2D eigenvalue weighted by Gasteiger charge is -1.80. The van der Waals surface area contributed by atoms with Gasteiger partial charge in [0.15, 0.2) is 5.12 Å². The second-order valence-electron chi connectivity index (χ2n) is 0.803. The molecule has 0 aliphatic rings. The molecule has 1 atom stereocenters. The Kier molecular flexibility index (Phi) is 3.91. The molecule has 0 aliphatic heterocycles. The van der Waals surface area contributed by atoms with E-state index in [1.54, 1.807) is 6.92 Å². The average molecular weight is 122 g/mol. The third-order valence-electron chi connectivity index (χ3n) is 0.287. The van der Waals surface area contributed by atoms with Crippen LogP contribution in [0.2, 0.25) is 0 Å². The van der Waals surface area contributed by atoms with Crippen LogP contribution in [0.3, 0.4) is 0 Å². The van der Waals surface area contributed by atoms with E-state index in [4.69, 9.17) is 0 Å². The first-order valence-corrected chi connectivity index (χ1v) is 3.41. The summed E-state index contributed by atoms with van der Waals surface area (Å²) in [5.74, 6) is 0. The second-order valence-corrected chi connectivity index (χ2v) is 3.00. The highest BCUT2D eigenvalue weighted by Gasteiger charge is 1.84. The summed E-state index contributed by atoms with van der Waals surface area (Å²) in [7, 11) is 2.47. The third-order valence-corrected chi connectivity index (χ3v) is 1.36. The van der Waals surface area contributed by atoms with Gasteiger partial charge < -0.3 is 0 Å². The van der Waals surface area contributed by atoms with Crippen molar-refractivity contribution in [2.45, 2.75) is 6.92 Å². The predicted molar refractivity (Wildman–Crippen MR) is 32.8 cm³/mol. The zero-order valence-electron chi connectivity index (χ0n) is 3.60. The van der Waals surface area contributed by atoms with Crippen molar-refractivity contribution in [2.24, 2.45) is 0 Å². The van der Waals surface area contributed by atoms with E-state index in [1.165, 1.54) is 11.8 Å². The van der Waals surface area contributed by atoms with Crippen LogP contribution >= 0.6 is 21.0 Å². The summed E-state index contributed by atoms with van der Waals surface area (Å²) in [6.45, 7) is 1.56. The smallest absolute Gasteiger partial charge is 0.186 e. The van der Waals surface area contributed by atoms with E-state index in [-0.39, 0.29) is 5.12 Å². The molecule has 6 heavy (non-hydrogen) atoms. The highest BCUT2D eigenvalue weighted by molar-refractivity contribution is 8.15. The Morgan fingerprint density at radius 3 is 2.50 bits per heavy atom. The number of rotatable bonds is 1. The fourth-order valence-corrected chi connectivity index (χ4v) is 1.06. The molecular formula is C3H7OPS. The number of hydrogen-bond acceptors (Lipinski definition) is 2. The minimum absolute atomic E-state index is 0.185. The maximum atomic E-state index is 9.99. The largest absolute Gasteiger partial charge is 0.288 e. The Balaban J connectivity index is 2.83. The summed E-state index contributed by atoms with van der Waals surface area (Å²) in [4.78, 5) is 9.99. The molecule has 0 fully saturated rings. The first-order valence-electron chi connectivity index (χ1n) is 1.61. The SMILES string of the molecule is CC(=O)SCP. The van der Waals surface area contributed by atoms with Crippen molar-refractivity contribution in [1.82, 2.24) is 0 Å². The van der Waals surface area contributed by atoms with Crippen LogP contribution < -0.4 is 0 Å². The quantitative estimate of drug-likeness (QED) is 0.484. The fraction of sp³-hybridized carbons (Fsp3) is 0.667. The zero-order valence-corrected chi connectivity index (χ0v) is 5.57. The molecule has 0 amide bonds. The molecule has 36 valence electrons. The highest BCUT2D eigenvalue weighted by atomic mass is 32.2. The normalized spacial score (nSPS) is 8.33. The molecule has 0 heterocycles. The lowest BCUT2D eigenvalue weighted by Crippen LogP contribution is -1.76. The van der Waals surface area contributed by atoms with Crippen LogP contribution in [0.15, 0.2) is 0 Å². The van der Waals surface area contributed by atoms with E-state index in [1.807, 2.05) is 0 Å².